The number of amides is 1. The highest BCUT2D eigenvalue weighted by atomic mass is 32.2. The molecule has 0 heterocycles. The Balaban J connectivity index is 2.21. The van der Waals surface area contributed by atoms with Crippen molar-refractivity contribution in [2.75, 3.05) is 12.9 Å². The summed E-state index contributed by atoms with van der Waals surface area (Å²) in [6.45, 7) is 5.97. The molecule has 1 amide bonds. The maximum atomic E-state index is 13.1. The van der Waals surface area contributed by atoms with Crippen LogP contribution in [0.3, 0.4) is 0 Å². The summed E-state index contributed by atoms with van der Waals surface area (Å²) in [6.07, 6.45) is 0.811. The van der Waals surface area contributed by atoms with Crippen molar-refractivity contribution in [1.82, 2.24) is 4.90 Å². The molecule has 2 rings (SSSR count). The number of nitrogens with zero attached hydrogens (tertiary/aromatic N) is 1. The van der Waals surface area contributed by atoms with Crippen LogP contribution in [0.25, 0.3) is 0 Å². The van der Waals surface area contributed by atoms with Crippen LogP contribution in [0.2, 0.25) is 0 Å². The molecule has 0 aliphatic heterocycles. The summed E-state index contributed by atoms with van der Waals surface area (Å²) in [4.78, 5) is 14.9. The van der Waals surface area contributed by atoms with Crippen LogP contribution in [-0.2, 0) is 16.7 Å². The standard InChI is InChI=1S/C21H27NO5S/c1-5-16(3)22(21(23)18-8-7-9-20(14-18)26-4)15-17-10-12-19(13-11-17)27-28(24,25)6-2/h7-14,16H,5-6,15H2,1-4H3/t16-/m0/s1. The highest BCUT2D eigenvalue weighted by Crippen LogP contribution is 2.21. The fraction of sp³-hybridized carbons (Fsp3) is 0.381. The van der Waals surface area contributed by atoms with Gasteiger partial charge in [0.25, 0.3) is 5.91 Å². The van der Waals surface area contributed by atoms with Crippen molar-refractivity contribution < 1.29 is 22.1 Å². The lowest BCUT2D eigenvalue weighted by Crippen LogP contribution is -2.37. The van der Waals surface area contributed by atoms with Gasteiger partial charge < -0.3 is 13.8 Å². The third-order valence-corrected chi connectivity index (χ3v) is 5.71. The molecule has 0 bridgehead atoms. The van der Waals surface area contributed by atoms with Gasteiger partial charge in [0.1, 0.15) is 11.5 Å². The molecule has 2 aromatic carbocycles. The lowest BCUT2D eigenvalue weighted by Gasteiger charge is -2.29. The Morgan fingerprint density at radius 3 is 2.32 bits per heavy atom. The second-order valence-electron chi connectivity index (χ2n) is 6.50. The maximum absolute atomic E-state index is 13.1. The number of rotatable bonds is 9. The van der Waals surface area contributed by atoms with E-state index in [1.807, 2.05) is 13.8 Å². The minimum absolute atomic E-state index is 0.0371. The van der Waals surface area contributed by atoms with Crippen molar-refractivity contribution in [3.8, 4) is 11.5 Å². The molecule has 0 unspecified atom stereocenters. The highest BCUT2D eigenvalue weighted by molar-refractivity contribution is 7.87. The molecule has 0 aliphatic carbocycles. The molecular weight excluding hydrogens is 378 g/mol. The number of carbonyl (C=O) groups excluding carboxylic acids is 1. The molecule has 1 atom stereocenters. The van der Waals surface area contributed by atoms with Crippen LogP contribution in [-0.4, -0.2) is 38.1 Å². The van der Waals surface area contributed by atoms with Crippen molar-refractivity contribution in [2.24, 2.45) is 0 Å². The molecule has 0 aromatic heterocycles. The first kappa shape index (κ1) is 21.8. The average molecular weight is 406 g/mol. The summed E-state index contributed by atoms with van der Waals surface area (Å²) >= 11 is 0. The molecule has 0 aliphatic rings. The van der Waals surface area contributed by atoms with E-state index in [-0.39, 0.29) is 23.5 Å². The van der Waals surface area contributed by atoms with E-state index in [0.29, 0.717) is 17.9 Å². The molecular formula is C21H27NO5S. The Hall–Kier alpha value is -2.54. The number of hydrogen-bond donors (Lipinski definition) is 0. The second kappa shape index (κ2) is 9.59. The number of hydrogen-bond acceptors (Lipinski definition) is 5. The first-order valence-electron chi connectivity index (χ1n) is 9.25. The summed E-state index contributed by atoms with van der Waals surface area (Å²) in [5.41, 5.74) is 1.45. The Morgan fingerprint density at radius 2 is 1.75 bits per heavy atom. The SMILES string of the molecule is CC[C@H](C)N(Cc1ccc(OS(=O)(=O)CC)cc1)C(=O)c1cccc(OC)c1. The van der Waals surface area contributed by atoms with Crippen molar-refractivity contribution in [2.45, 2.75) is 39.8 Å². The smallest absolute Gasteiger partial charge is 0.308 e. The van der Waals surface area contributed by atoms with E-state index in [0.717, 1.165) is 12.0 Å². The minimum atomic E-state index is -3.56. The molecule has 0 saturated carbocycles. The molecule has 7 heteroatoms. The Labute approximate surface area is 167 Å². The van der Waals surface area contributed by atoms with E-state index in [4.69, 9.17) is 8.92 Å². The third-order valence-electron chi connectivity index (χ3n) is 4.55. The van der Waals surface area contributed by atoms with Gasteiger partial charge in [0.15, 0.2) is 0 Å². The zero-order valence-corrected chi connectivity index (χ0v) is 17.5. The monoisotopic (exact) mass is 405 g/mol. The van der Waals surface area contributed by atoms with Gasteiger partial charge in [0.2, 0.25) is 0 Å². The fourth-order valence-electron chi connectivity index (χ4n) is 2.62. The number of ether oxygens (including phenoxy) is 1. The largest absolute Gasteiger partial charge is 0.497 e. The quantitative estimate of drug-likeness (QED) is 0.592. The van der Waals surface area contributed by atoms with Crippen molar-refractivity contribution >= 4 is 16.0 Å². The van der Waals surface area contributed by atoms with Crippen LogP contribution in [0.5, 0.6) is 11.5 Å². The van der Waals surface area contributed by atoms with Gasteiger partial charge in [-0.3, -0.25) is 4.79 Å². The Kier molecular flexibility index (Phi) is 7.45. The van der Waals surface area contributed by atoms with Gasteiger partial charge in [-0.15, -0.1) is 0 Å². The Morgan fingerprint density at radius 1 is 1.07 bits per heavy atom. The maximum Gasteiger partial charge on any atom is 0.308 e. The zero-order valence-electron chi connectivity index (χ0n) is 16.7. The van der Waals surface area contributed by atoms with Crippen LogP contribution in [0.1, 0.15) is 43.1 Å². The van der Waals surface area contributed by atoms with Gasteiger partial charge in [0, 0.05) is 18.2 Å². The van der Waals surface area contributed by atoms with Gasteiger partial charge in [-0.1, -0.05) is 25.1 Å². The predicted molar refractivity (Wildman–Crippen MR) is 109 cm³/mol. The molecule has 152 valence electrons. The van der Waals surface area contributed by atoms with Gasteiger partial charge >= 0.3 is 10.1 Å². The molecule has 2 aromatic rings. The number of carbonyl (C=O) groups is 1. The van der Waals surface area contributed by atoms with Gasteiger partial charge in [0.05, 0.1) is 12.9 Å². The predicted octanol–water partition coefficient (Wildman–Crippen LogP) is 3.86. The van der Waals surface area contributed by atoms with Crippen LogP contribution < -0.4 is 8.92 Å². The second-order valence-corrected chi connectivity index (χ2v) is 8.36. The van der Waals surface area contributed by atoms with E-state index < -0.39 is 10.1 Å². The van der Waals surface area contributed by atoms with E-state index in [1.165, 1.54) is 6.92 Å². The fourth-order valence-corrected chi connectivity index (χ4v) is 3.14. The molecule has 0 N–H and O–H groups in total. The number of benzene rings is 2. The van der Waals surface area contributed by atoms with Crippen molar-refractivity contribution in [3.05, 3.63) is 59.7 Å². The van der Waals surface area contributed by atoms with Crippen molar-refractivity contribution in [1.29, 1.82) is 0 Å². The molecule has 0 saturated heterocycles. The minimum Gasteiger partial charge on any atom is -0.497 e. The van der Waals surface area contributed by atoms with E-state index >= 15 is 0 Å². The van der Waals surface area contributed by atoms with Gasteiger partial charge in [-0.25, -0.2) is 0 Å². The van der Waals surface area contributed by atoms with E-state index in [1.54, 1.807) is 60.5 Å². The van der Waals surface area contributed by atoms with Gasteiger partial charge in [-0.05, 0) is 56.2 Å². The average Bonchev–Trinajstić information content (AvgIpc) is 2.72. The van der Waals surface area contributed by atoms with Crippen LogP contribution >= 0.6 is 0 Å². The van der Waals surface area contributed by atoms with Crippen LogP contribution in [0.15, 0.2) is 48.5 Å². The van der Waals surface area contributed by atoms with Gasteiger partial charge in [-0.2, -0.15) is 8.42 Å². The number of methoxy groups -OCH3 is 1. The summed E-state index contributed by atoms with van der Waals surface area (Å²) < 4.78 is 33.4. The lowest BCUT2D eigenvalue weighted by atomic mass is 10.1. The molecule has 28 heavy (non-hydrogen) atoms. The first-order chi connectivity index (χ1) is 13.3. The highest BCUT2D eigenvalue weighted by Gasteiger charge is 2.21. The van der Waals surface area contributed by atoms with E-state index in [2.05, 4.69) is 0 Å². The Bertz CT molecular complexity index is 893. The summed E-state index contributed by atoms with van der Waals surface area (Å²) in [6, 6.07) is 13.9. The van der Waals surface area contributed by atoms with Crippen molar-refractivity contribution in [3.63, 3.8) is 0 Å². The normalized spacial score (nSPS) is 12.3. The third kappa shape index (κ3) is 5.73. The molecule has 0 radical (unpaired) electrons. The topological polar surface area (TPSA) is 72.9 Å². The van der Waals surface area contributed by atoms with E-state index in [9.17, 15) is 13.2 Å². The summed E-state index contributed by atoms with van der Waals surface area (Å²) in [5, 5.41) is 0. The lowest BCUT2D eigenvalue weighted by molar-refractivity contribution is 0.0671. The zero-order chi connectivity index (χ0) is 20.7. The summed E-state index contributed by atoms with van der Waals surface area (Å²) in [7, 11) is -1.99. The van der Waals surface area contributed by atoms with Crippen LogP contribution in [0.4, 0.5) is 0 Å². The molecule has 0 spiro atoms. The summed E-state index contributed by atoms with van der Waals surface area (Å²) in [5.74, 6) is 0.724. The molecule has 0 fully saturated rings. The first-order valence-corrected chi connectivity index (χ1v) is 10.8. The van der Waals surface area contributed by atoms with Crippen LogP contribution in [0, 0.1) is 0 Å². The molecule has 6 nitrogen and oxygen atoms in total.